The van der Waals surface area contributed by atoms with Gasteiger partial charge in [0.1, 0.15) is 0 Å². The Labute approximate surface area is 84.9 Å². The number of hydrogen-bond donors (Lipinski definition) is 1. The minimum absolute atomic E-state index is 0.0105. The maximum Gasteiger partial charge on any atom is 0.175 e. The summed E-state index contributed by atoms with van der Waals surface area (Å²) < 4.78 is 22.3. The van der Waals surface area contributed by atoms with Crippen LogP contribution in [-0.4, -0.2) is 14.7 Å². The third-order valence-electron chi connectivity index (χ3n) is 2.18. The lowest BCUT2D eigenvalue weighted by atomic mass is 10.1. The van der Waals surface area contributed by atoms with Crippen LogP contribution in [0.15, 0.2) is 29.2 Å². The quantitative estimate of drug-likeness (QED) is 0.827. The summed E-state index contributed by atoms with van der Waals surface area (Å²) in [5.41, 5.74) is 6.78. The van der Waals surface area contributed by atoms with Crippen LogP contribution in [0, 0.1) is 0 Å². The number of sulfone groups is 1. The van der Waals surface area contributed by atoms with Gasteiger partial charge in [-0.3, -0.25) is 0 Å². The summed E-state index contributed by atoms with van der Waals surface area (Å²) in [7, 11) is -3.09. The van der Waals surface area contributed by atoms with Gasteiger partial charge in [0.15, 0.2) is 9.84 Å². The van der Waals surface area contributed by atoms with Gasteiger partial charge in [-0.2, -0.15) is 0 Å². The van der Waals surface area contributed by atoms with E-state index >= 15 is 0 Å². The molecule has 14 heavy (non-hydrogen) atoms. The molecule has 0 bridgehead atoms. The molecule has 0 amide bonds. The van der Waals surface area contributed by atoms with E-state index in [1.165, 1.54) is 6.26 Å². The molecule has 0 unspecified atom stereocenters. The largest absolute Gasteiger partial charge is 0.324 e. The van der Waals surface area contributed by atoms with Crippen LogP contribution in [0.25, 0.3) is 0 Å². The van der Waals surface area contributed by atoms with Crippen molar-refractivity contribution in [2.24, 2.45) is 5.73 Å². The number of hydrogen-bond acceptors (Lipinski definition) is 3. The summed E-state index contributed by atoms with van der Waals surface area (Å²) >= 11 is 0. The Morgan fingerprint density at radius 2 is 1.79 bits per heavy atom. The predicted molar refractivity (Wildman–Crippen MR) is 56.8 cm³/mol. The van der Waals surface area contributed by atoms with E-state index in [9.17, 15) is 8.42 Å². The third kappa shape index (κ3) is 2.56. The first-order valence-electron chi connectivity index (χ1n) is 4.50. The Morgan fingerprint density at radius 1 is 1.29 bits per heavy atom. The van der Waals surface area contributed by atoms with Crippen LogP contribution in [0.5, 0.6) is 0 Å². The second-order valence-corrected chi connectivity index (χ2v) is 5.37. The monoisotopic (exact) mass is 213 g/mol. The molecule has 0 fully saturated rings. The molecule has 1 rings (SSSR count). The van der Waals surface area contributed by atoms with E-state index in [4.69, 9.17) is 5.73 Å². The van der Waals surface area contributed by atoms with Crippen molar-refractivity contribution in [1.29, 1.82) is 0 Å². The Hall–Kier alpha value is -0.870. The fourth-order valence-electron chi connectivity index (χ4n) is 1.20. The van der Waals surface area contributed by atoms with Crippen LogP contribution in [0.2, 0.25) is 0 Å². The van der Waals surface area contributed by atoms with E-state index < -0.39 is 9.84 Å². The molecule has 0 saturated heterocycles. The summed E-state index contributed by atoms with van der Waals surface area (Å²) in [5.74, 6) is 0. The molecule has 0 aliphatic rings. The zero-order valence-electron chi connectivity index (χ0n) is 8.40. The van der Waals surface area contributed by atoms with Crippen molar-refractivity contribution >= 4 is 9.84 Å². The zero-order valence-corrected chi connectivity index (χ0v) is 9.21. The van der Waals surface area contributed by atoms with Gasteiger partial charge in [0.2, 0.25) is 0 Å². The van der Waals surface area contributed by atoms with E-state index in [2.05, 4.69) is 0 Å². The zero-order chi connectivity index (χ0) is 10.8. The molecule has 2 N–H and O–H groups in total. The maximum atomic E-state index is 11.2. The smallest absolute Gasteiger partial charge is 0.175 e. The van der Waals surface area contributed by atoms with Gasteiger partial charge in [-0.1, -0.05) is 19.1 Å². The maximum absolute atomic E-state index is 11.2. The number of rotatable bonds is 3. The van der Waals surface area contributed by atoms with E-state index in [-0.39, 0.29) is 6.04 Å². The van der Waals surface area contributed by atoms with Crippen LogP contribution in [0.1, 0.15) is 24.9 Å². The molecule has 1 aromatic carbocycles. The first kappa shape index (κ1) is 11.2. The summed E-state index contributed by atoms with van der Waals surface area (Å²) in [4.78, 5) is 0.338. The van der Waals surface area contributed by atoms with Gasteiger partial charge in [-0.25, -0.2) is 8.42 Å². The molecule has 0 aliphatic carbocycles. The third-order valence-corrected chi connectivity index (χ3v) is 3.30. The molecule has 3 nitrogen and oxygen atoms in total. The Kier molecular flexibility index (Phi) is 3.29. The molecule has 0 heterocycles. The lowest BCUT2D eigenvalue weighted by molar-refractivity contribution is 0.601. The highest BCUT2D eigenvalue weighted by Crippen LogP contribution is 2.16. The standard InChI is InChI=1S/C10H15NO2S/c1-3-10(11)8-4-6-9(7-5-8)14(2,12)13/h4-7,10H,3,11H2,1-2H3/t10-/m0/s1. The van der Waals surface area contributed by atoms with Crippen molar-refractivity contribution in [2.75, 3.05) is 6.26 Å². The first-order chi connectivity index (χ1) is 6.45. The molecule has 1 aromatic rings. The summed E-state index contributed by atoms with van der Waals surface area (Å²) in [6.45, 7) is 2.00. The number of benzene rings is 1. The van der Waals surface area contributed by atoms with Crippen LogP contribution in [0.3, 0.4) is 0 Å². The predicted octanol–water partition coefficient (Wildman–Crippen LogP) is 1.50. The molecule has 0 aromatic heterocycles. The highest BCUT2D eigenvalue weighted by Gasteiger charge is 2.08. The highest BCUT2D eigenvalue weighted by molar-refractivity contribution is 7.90. The Bertz CT molecular complexity index is 395. The molecule has 1 atom stereocenters. The second-order valence-electron chi connectivity index (χ2n) is 3.36. The van der Waals surface area contributed by atoms with E-state index in [1.807, 2.05) is 6.92 Å². The molecule has 0 spiro atoms. The normalized spacial score (nSPS) is 13.9. The molecule has 78 valence electrons. The van der Waals surface area contributed by atoms with E-state index in [0.717, 1.165) is 12.0 Å². The Morgan fingerprint density at radius 3 is 2.14 bits per heavy atom. The van der Waals surface area contributed by atoms with Gasteiger partial charge in [0.05, 0.1) is 4.90 Å². The van der Waals surface area contributed by atoms with Crippen LogP contribution < -0.4 is 5.73 Å². The molecular weight excluding hydrogens is 198 g/mol. The molecule has 4 heteroatoms. The minimum Gasteiger partial charge on any atom is -0.324 e. The average Bonchev–Trinajstić information content (AvgIpc) is 2.15. The molecule has 0 aliphatic heterocycles. The fourth-order valence-corrected chi connectivity index (χ4v) is 1.83. The Balaban J connectivity index is 3.01. The van der Waals surface area contributed by atoms with Crippen LogP contribution >= 0.6 is 0 Å². The van der Waals surface area contributed by atoms with Crippen LogP contribution in [-0.2, 0) is 9.84 Å². The molecular formula is C10H15NO2S. The topological polar surface area (TPSA) is 60.2 Å². The highest BCUT2D eigenvalue weighted by atomic mass is 32.2. The van der Waals surface area contributed by atoms with E-state index in [0.29, 0.717) is 4.90 Å². The fraction of sp³-hybridized carbons (Fsp3) is 0.400. The number of nitrogens with two attached hydrogens (primary N) is 1. The average molecular weight is 213 g/mol. The van der Waals surface area contributed by atoms with Crippen molar-refractivity contribution in [3.05, 3.63) is 29.8 Å². The summed E-state index contributed by atoms with van der Waals surface area (Å²) in [5, 5.41) is 0. The van der Waals surface area contributed by atoms with Gasteiger partial charge in [-0.05, 0) is 24.1 Å². The minimum atomic E-state index is -3.09. The van der Waals surface area contributed by atoms with Crippen LogP contribution in [0.4, 0.5) is 0 Å². The van der Waals surface area contributed by atoms with Gasteiger partial charge in [0.25, 0.3) is 0 Å². The van der Waals surface area contributed by atoms with Crippen molar-refractivity contribution in [3.63, 3.8) is 0 Å². The van der Waals surface area contributed by atoms with Crippen molar-refractivity contribution in [1.82, 2.24) is 0 Å². The second kappa shape index (κ2) is 4.11. The van der Waals surface area contributed by atoms with Gasteiger partial charge < -0.3 is 5.73 Å². The lowest BCUT2D eigenvalue weighted by Crippen LogP contribution is -2.08. The molecule has 0 saturated carbocycles. The van der Waals surface area contributed by atoms with E-state index in [1.54, 1.807) is 24.3 Å². The SMILES string of the molecule is CC[C@H](N)c1ccc(S(C)(=O)=O)cc1. The first-order valence-corrected chi connectivity index (χ1v) is 6.40. The van der Waals surface area contributed by atoms with Gasteiger partial charge >= 0.3 is 0 Å². The van der Waals surface area contributed by atoms with Gasteiger partial charge in [-0.15, -0.1) is 0 Å². The lowest BCUT2D eigenvalue weighted by Gasteiger charge is -2.09. The summed E-state index contributed by atoms with van der Waals surface area (Å²) in [6.07, 6.45) is 2.04. The van der Waals surface area contributed by atoms with Crippen molar-refractivity contribution in [2.45, 2.75) is 24.3 Å². The van der Waals surface area contributed by atoms with Crippen molar-refractivity contribution in [3.8, 4) is 0 Å². The molecule has 0 radical (unpaired) electrons. The van der Waals surface area contributed by atoms with Crippen molar-refractivity contribution < 1.29 is 8.42 Å². The summed E-state index contributed by atoms with van der Waals surface area (Å²) in [6, 6.07) is 6.72. The van der Waals surface area contributed by atoms with Gasteiger partial charge in [0, 0.05) is 12.3 Å².